The van der Waals surface area contributed by atoms with Crippen LogP contribution in [0.2, 0.25) is 25.7 Å². The number of para-hydroxylation sites is 1. The molecule has 26 heavy (non-hydrogen) atoms. The number of rotatable bonds is 6. The van der Waals surface area contributed by atoms with E-state index in [-0.39, 0.29) is 11.6 Å². The molecule has 2 unspecified atom stereocenters. The van der Waals surface area contributed by atoms with Crippen LogP contribution >= 0.6 is 0 Å². The van der Waals surface area contributed by atoms with Crippen LogP contribution < -0.4 is 0 Å². The minimum absolute atomic E-state index is 0.0652. The molecule has 2 heterocycles. The molecule has 1 aromatic carbocycles. The van der Waals surface area contributed by atoms with Gasteiger partial charge in [-0.15, -0.1) is 0 Å². The van der Waals surface area contributed by atoms with Crippen LogP contribution in [0.1, 0.15) is 32.4 Å². The molecule has 0 saturated heterocycles. The highest BCUT2D eigenvalue weighted by atomic mass is 28.3. The van der Waals surface area contributed by atoms with E-state index >= 15 is 0 Å². The van der Waals surface area contributed by atoms with Gasteiger partial charge in [-0.05, 0) is 43.8 Å². The van der Waals surface area contributed by atoms with Gasteiger partial charge in [0.25, 0.3) is 0 Å². The van der Waals surface area contributed by atoms with Gasteiger partial charge < -0.3 is 9.72 Å². The summed E-state index contributed by atoms with van der Waals surface area (Å²) in [5, 5.41) is 1.28. The third kappa shape index (κ3) is 4.30. The molecule has 1 aliphatic heterocycles. The molecule has 3 rings (SSSR count). The van der Waals surface area contributed by atoms with E-state index < -0.39 is 8.07 Å². The van der Waals surface area contributed by atoms with Crippen molar-refractivity contribution in [3.63, 3.8) is 0 Å². The second kappa shape index (κ2) is 7.33. The van der Waals surface area contributed by atoms with Gasteiger partial charge in [0.05, 0.1) is 24.2 Å². The van der Waals surface area contributed by atoms with Crippen LogP contribution in [0, 0.1) is 0 Å². The lowest BCUT2D eigenvalue weighted by Gasteiger charge is -2.41. The van der Waals surface area contributed by atoms with Crippen molar-refractivity contribution in [2.24, 2.45) is 0 Å². The van der Waals surface area contributed by atoms with Crippen molar-refractivity contribution in [2.75, 3.05) is 13.2 Å². The van der Waals surface area contributed by atoms with Gasteiger partial charge in [-0.2, -0.15) is 0 Å². The first-order valence-corrected chi connectivity index (χ1v) is 13.5. The van der Waals surface area contributed by atoms with E-state index in [1.165, 1.54) is 22.5 Å². The number of aromatic nitrogens is 1. The number of H-pyrrole nitrogens is 1. The van der Waals surface area contributed by atoms with Crippen LogP contribution in [0.15, 0.2) is 42.6 Å². The summed E-state index contributed by atoms with van der Waals surface area (Å²) in [5.74, 6) is 0. The Kier molecular flexibility index (Phi) is 5.47. The molecule has 142 valence electrons. The summed E-state index contributed by atoms with van der Waals surface area (Å²) in [7, 11) is -1.04. The molecule has 1 N–H and O–H groups in total. The van der Waals surface area contributed by atoms with Gasteiger partial charge in [0, 0.05) is 26.4 Å². The number of aromatic amines is 1. The molecule has 2 atom stereocenters. The van der Waals surface area contributed by atoms with Gasteiger partial charge >= 0.3 is 0 Å². The van der Waals surface area contributed by atoms with E-state index in [0.717, 1.165) is 13.2 Å². The van der Waals surface area contributed by atoms with Crippen molar-refractivity contribution >= 4 is 19.0 Å². The Bertz CT molecular complexity index is 766. The first-order valence-electron chi connectivity index (χ1n) is 9.77. The number of nitrogens with one attached hydrogen (secondary N) is 1. The molecule has 0 saturated carbocycles. The van der Waals surface area contributed by atoms with Gasteiger partial charge in [-0.25, -0.2) is 0 Å². The zero-order valence-corrected chi connectivity index (χ0v) is 18.2. The minimum Gasteiger partial charge on any atom is -0.380 e. The summed E-state index contributed by atoms with van der Waals surface area (Å²) >= 11 is 0. The predicted molar refractivity (Wildman–Crippen MR) is 115 cm³/mol. The maximum Gasteiger partial charge on any atom is 0.0658 e. The van der Waals surface area contributed by atoms with Crippen molar-refractivity contribution in [3.05, 3.63) is 48.2 Å². The molecular formula is C22H34N2OSi. The predicted octanol–water partition coefficient (Wildman–Crippen LogP) is 5.60. The lowest BCUT2D eigenvalue weighted by atomic mass is 9.97. The summed E-state index contributed by atoms with van der Waals surface area (Å²) < 4.78 is 6.11. The fourth-order valence-corrected chi connectivity index (χ4v) is 4.62. The van der Waals surface area contributed by atoms with E-state index in [1.807, 2.05) is 6.20 Å². The Hall–Kier alpha value is -1.36. The average Bonchev–Trinajstić information content (AvgIpc) is 3.16. The van der Waals surface area contributed by atoms with E-state index in [9.17, 15) is 0 Å². The monoisotopic (exact) mass is 370 g/mol. The van der Waals surface area contributed by atoms with Crippen LogP contribution in [0.4, 0.5) is 0 Å². The minimum atomic E-state index is -1.04. The first kappa shape index (κ1) is 19.4. The molecule has 1 aromatic heterocycles. The van der Waals surface area contributed by atoms with E-state index in [2.05, 4.69) is 86.7 Å². The highest BCUT2D eigenvalue weighted by Crippen LogP contribution is 2.39. The second-order valence-corrected chi connectivity index (χ2v) is 15.3. The SMILES string of the molecule is CC(C)(C)N1C(COCC[Si](C)(C)C)C=CC1c1cccc2cc[nH]c12. The van der Waals surface area contributed by atoms with Gasteiger partial charge in [0.1, 0.15) is 0 Å². The zero-order chi connectivity index (χ0) is 18.9. The molecule has 3 nitrogen and oxygen atoms in total. The molecule has 1 aliphatic rings. The van der Waals surface area contributed by atoms with Gasteiger partial charge in [-0.3, -0.25) is 4.90 Å². The standard InChI is InChI=1S/C22H34N2OSi/c1-22(2,3)24-18(16-25-14-15-26(4,5)6)10-11-20(24)19-9-7-8-17-12-13-23-21(17)19/h7-13,18,20,23H,14-16H2,1-6H3. The molecule has 0 fully saturated rings. The van der Waals surface area contributed by atoms with Crippen molar-refractivity contribution < 1.29 is 4.74 Å². The van der Waals surface area contributed by atoms with Crippen LogP contribution in [0.3, 0.4) is 0 Å². The summed E-state index contributed by atoms with van der Waals surface area (Å²) in [6.45, 7) is 15.8. The maximum absolute atomic E-state index is 6.11. The number of hydrogen-bond acceptors (Lipinski definition) is 2. The maximum atomic E-state index is 6.11. The van der Waals surface area contributed by atoms with Crippen LogP contribution in [-0.2, 0) is 4.74 Å². The molecule has 0 spiro atoms. The van der Waals surface area contributed by atoms with Crippen LogP contribution in [0.25, 0.3) is 10.9 Å². The van der Waals surface area contributed by atoms with Crippen LogP contribution in [-0.4, -0.2) is 42.8 Å². The van der Waals surface area contributed by atoms with Gasteiger partial charge in [-0.1, -0.05) is 50.0 Å². The average molecular weight is 371 g/mol. The molecular weight excluding hydrogens is 336 g/mol. The van der Waals surface area contributed by atoms with Gasteiger partial charge in [0.2, 0.25) is 0 Å². The number of ether oxygens (including phenoxy) is 1. The molecule has 2 aromatic rings. The number of fused-ring (bicyclic) bond motifs is 1. The Labute approximate surface area is 159 Å². The summed E-state index contributed by atoms with van der Waals surface area (Å²) in [6.07, 6.45) is 6.73. The fourth-order valence-electron chi connectivity index (χ4n) is 3.87. The molecule has 0 radical (unpaired) electrons. The Morgan fingerprint density at radius 2 is 1.88 bits per heavy atom. The third-order valence-electron chi connectivity index (χ3n) is 5.17. The van der Waals surface area contributed by atoms with E-state index in [0.29, 0.717) is 6.04 Å². The second-order valence-electron chi connectivity index (χ2n) is 9.65. The fraction of sp³-hybridized carbons (Fsp3) is 0.545. The van der Waals surface area contributed by atoms with Crippen molar-refractivity contribution in [3.8, 4) is 0 Å². The normalized spacial score (nSPS) is 21.8. The van der Waals surface area contributed by atoms with Gasteiger partial charge in [0.15, 0.2) is 0 Å². The topological polar surface area (TPSA) is 28.3 Å². The quantitative estimate of drug-likeness (QED) is 0.407. The zero-order valence-electron chi connectivity index (χ0n) is 17.2. The molecule has 0 aliphatic carbocycles. The highest BCUT2D eigenvalue weighted by molar-refractivity contribution is 6.76. The lowest BCUT2D eigenvalue weighted by molar-refractivity contribution is 0.0298. The number of nitrogens with zero attached hydrogens (tertiary/aromatic N) is 1. The molecule has 4 heteroatoms. The summed E-state index contributed by atoms with van der Waals surface area (Å²) in [4.78, 5) is 6.03. The van der Waals surface area contributed by atoms with Crippen molar-refractivity contribution in [1.82, 2.24) is 9.88 Å². The number of benzene rings is 1. The number of hydrogen-bond donors (Lipinski definition) is 1. The van der Waals surface area contributed by atoms with Crippen molar-refractivity contribution in [1.29, 1.82) is 0 Å². The highest BCUT2D eigenvalue weighted by Gasteiger charge is 2.38. The lowest BCUT2D eigenvalue weighted by Crippen LogP contribution is -2.48. The first-order chi connectivity index (χ1) is 12.2. The smallest absolute Gasteiger partial charge is 0.0658 e. The van der Waals surface area contributed by atoms with Crippen LogP contribution in [0.5, 0.6) is 0 Å². The largest absolute Gasteiger partial charge is 0.380 e. The summed E-state index contributed by atoms with van der Waals surface area (Å²) in [6, 6.07) is 10.6. The Balaban J connectivity index is 1.78. The summed E-state index contributed by atoms with van der Waals surface area (Å²) in [5.41, 5.74) is 2.66. The Morgan fingerprint density at radius 1 is 1.12 bits per heavy atom. The van der Waals surface area contributed by atoms with E-state index in [4.69, 9.17) is 4.74 Å². The molecule has 0 amide bonds. The third-order valence-corrected chi connectivity index (χ3v) is 6.87. The van der Waals surface area contributed by atoms with E-state index in [1.54, 1.807) is 0 Å². The Morgan fingerprint density at radius 3 is 2.58 bits per heavy atom. The van der Waals surface area contributed by atoms with Crippen molar-refractivity contribution in [2.45, 2.75) is 64.1 Å². The molecule has 0 bridgehead atoms.